The number of hydrogen-bond acceptors (Lipinski definition) is 3. The Hall–Kier alpha value is -0.900. The molecule has 1 aromatic rings. The molecule has 0 N–H and O–H groups in total. The first-order valence-electron chi connectivity index (χ1n) is 4.74. The Bertz CT molecular complexity index is 295. The third-order valence-corrected chi connectivity index (χ3v) is 2.69. The minimum Gasteiger partial charge on any atom is -0.375 e. The number of rotatable bonds is 1. The summed E-state index contributed by atoms with van der Waals surface area (Å²) in [6.07, 6.45) is 4.75. The van der Waals surface area contributed by atoms with Crippen molar-refractivity contribution in [2.24, 2.45) is 7.05 Å². The maximum absolute atomic E-state index is 5.40. The molecule has 1 heterocycles. The summed E-state index contributed by atoms with van der Waals surface area (Å²) in [6.45, 7) is 0. The molecule has 13 heavy (non-hydrogen) atoms. The lowest BCUT2D eigenvalue weighted by atomic mass is 10.1. The first-order valence-corrected chi connectivity index (χ1v) is 4.74. The summed E-state index contributed by atoms with van der Waals surface area (Å²) in [4.78, 5) is 0. The van der Waals surface area contributed by atoms with E-state index in [4.69, 9.17) is 4.74 Å². The molecule has 4 heteroatoms. The molecule has 1 aliphatic carbocycles. The fourth-order valence-corrected chi connectivity index (χ4v) is 1.92. The highest BCUT2D eigenvalue weighted by Crippen LogP contribution is 2.28. The van der Waals surface area contributed by atoms with Crippen molar-refractivity contribution in [3.63, 3.8) is 0 Å². The van der Waals surface area contributed by atoms with Crippen LogP contribution in [0.5, 0.6) is 0 Å². The molecular formula is C9H15N3O. The van der Waals surface area contributed by atoms with E-state index < -0.39 is 0 Å². The molecule has 0 aliphatic heterocycles. The molecule has 0 amide bonds. The highest BCUT2D eigenvalue weighted by molar-refractivity contribution is 5.14. The number of aromatic nitrogens is 3. The molecular weight excluding hydrogens is 166 g/mol. The predicted molar refractivity (Wildman–Crippen MR) is 48.3 cm³/mol. The lowest BCUT2D eigenvalue weighted by Crippen LogP contribution is -2.03. The Morgan fingerprint density at radius 3 is 3.08 bits per heavy atom. The van der Waals surface area contributed by atoms with Crippen LogP contribution in [0.15, 0.2) is 0 Å². The van der Waals surface area contributed by atoms with E-state index in [0.717, 1.165) is 18.5 Å². The van der Waals surface area contributed by atoms with E-state index in [1.165, 1.54) is 18.5 Å². The normalized spacial score (nSPS) is 22.5. The van der Waals surface area contributed by atoms with Crippen molar-refractivity contribution in [2.45, 2.75) is 31.8 Å². The highest BCUT2D eigenvalue weighted by Gasteiger charge is 2.22. The third-order valence-electron chi connectivity index (χ3n) is 2.69. The summed E-state index contributed by atoms with van der Waals surface area (Å²) in [5.74, 6) is 0. The fourth-order valence-electron chi connectivity index (χ4n) is 1.92. The van der Waals surface area contributed by atoms with E-state index in [9.17, 15) is 0 Å². The van der Waals surface area contributed by atoms with Crippen LogP contribution in [0, 0.1) is 0 Å². The van der Waals surface area contributed by atoms with Gasteiger partial charge in [0.25, 0.3) is 0 Å². The van der Waals surface area contributed by atoms with Gasteiger partial charge in [0.05, 0.1) is 5.69 Å². The second kappa shape index (κ2) is 3.46. The highest BCUT2D eigenvalue weighted by atomic mass is 16.5. The maximum Gasteiger partial charge on any atom is 0.115 e. The molecule has 0 radical (unpaired) electrons. The smallest absolute Gasteiger partial charge is 0.115 e. The van der Waals surface area contributed by atoms with Crippen LogP contribution in [0.4, 0.5) is 0 Å². The molecule has 1 aliphatic rings. The molecule has 0 spiro atoms. The lowest BCUT2D eigenvalue weighted by Gasteiger charge is -2.09. The SMILES string of the molecule is COC1CCCCc2c1nnn2C. The van der Waals surface area contributed by atoms with Gasteiger partial charge in [-0.2, -0.15) is 0 Å². The number of methoxy groups -OCH3 is 1. The van der Waals surface area contributed by atoms with Crippen LogP contribution in [-0.2, 0) is 18.2 Å². The van der Waals surface area contributed by atoms with E-state index in [-0.39, 0.29) is 6.10 Å². The van der Waals surface area contributed by atoms with Crippen LogP contribution in [0.3, 0.4) is 0 Å². The second-order valence-corrected chi connectivity index (χ2v) is 3.52. The van der Waals surface area contributed by atoms with Crippen LogP contribution in [0.1, 0.15) is 36.8 Å². The van der Waals surface area contributed by atoms with Crippen molar-refractivity contribution in [3.8, 4) is 0 Å². The average molecular weight is 181 g/mol. The van der Waals surface area contributed by atoms with Gasteiger partial charge in [-0.25, -0.2) is 0 Å². The predicted octanol–water partition coefficient (Wildman–Crippen LogP) is 1.23. The largest absolute Gasteiger partial charge is 0.375 e. The number of hydrogen-bond donors (Lipinski definition) is 0. The van der Waals surface area contributed by atoms with Crippen LogP contribution in [-0.4, -0.2) is 22.1 Å². The Morgan fingerprint density at radius 2 is 2.31 bits per heavy atom. The minimum atomic E-state index is 0.159. The minimum absolute atomic E-state index is 0.159. The summed E-state index contributed by atoms with van der Waals surface area (Å²) < 4.78 is 7.26. The van der Waals surface area contributed by atoms with Gasteiger partial charge in [-0.1, -0.05) is 11.6 Å². The van der Waals surface area contributed by atoms with Crippen molar-refractivity contribution in [3.05, 3.63) is 11.4 Å². The summed E-state index contributed by atoms with van der Waals surface area (Å²) in [5.41, 5.74) is 2.28. The number of ether oxygens (including phenoxy) is 1. The van der Waals surface area contributed by atoms with Gasteiger partial charge in [0, 0.05) is 14.2 Å². The zero-order chi connectivity index (χ0) is 9.26. The lowest BCUT2D eigenvalue weighted by molar-refractivity contribution is 0.0916. The Balaban J connectivity index is 2.36. The van der Waals surface area contributed by atoms with Gasteiger partial charge in [0.2, 0.25) is 0 Å². The van der Waals surface area contributed by atoms with E-state index in [1.54, 1.807) is 7.11 Å². The van der Waals surface area contributed by atoms with Crippen molar-refractivity contribution < 1.29 is 4.74 Å². The molecule has 0 fully saturated rings. The molecule has 4 nitrogen and oxygen atoms in total. The molecule has 1 aromatic heterocycles. The zero-order valence-corrected chi connectivity index (χ0v) is 8.16. The quantitative estimate of drug-likeness (QED) is 0.612. The Morgan fingerprint density at radius 1 is 1.46 bits per heavy atom. The fraction of sp³-hybridized carbons (Fsp3) is 0.778. The van der Waals surface area contributed by atoms with Crippen LogP contribution >= 0.6 is 0 Å². The van der Waals surface area contributed by atoms with Gasteiger partial charge in [-0.3, -0.25) is 4.68 Å². The molecule has 0 saturated carbocycles. The van der Waals surface area contributed by atoms with Gasteiger partial charge in [0.15, 0.2) is 0 Å². The zero-order valence-electron chi connectivity index (χ0n) is 8.16. The second-order valence-electron chi connectivity index (χ2n) is 3.52. The summed E-state index contributed by atoms with van der Waals surface area (Å²) >= 11 is 0. The van der Waals surface area contributed by atoms with Crippen molar-refractivity contribution in [1.82, 2.24) is 15.0 Å². The topological polar surface area (TPSA) is 39.9 Å². The number of nitrogens with zero attached hydrogens (tertiary/aromatic N) is 3. The molecule has 0 saturated heterocycles. The van der Waals surface area contributed by atoms with E-state index >= 15 is 0 Å². The first-order chi connectivity index (χ1) is 6.33. The van der Waals surface area contributed by atoms with Crippen molar-refractivity contribution in [2.75, 3.05) is 7.11 Å². The average Bonchev–Trinajstić information content (AvgIpc) is 2.39. The monoisotopic (exact) mass is 181 g/mol. The number of fused-ring (bicyclic) bond motifs is 1. The van der Waals surface area contributed by atoms with Crippen LogP contribution < -0.4 is 0 Å². The molecule has 0 bridgehead atoms. The van der Waals surface area contributed by atoms with Gasteiger partial charge < -0.3 is 4.74 Å². The Labute approximate surface area is 77.9 Å². The summed E-state index contributed by atoms with van der Waals surface area (Å²) in [7, 11) is 3.69. The standard InChI is InChI=1S/C9H15N3O/c1-12-7-5-3-4-6-8(13-2)9(7)10-11-12/h8H,3-6H2,1-2H3. The van der Waals surface area contributed by atoms with Crippen molar-refractivity contribution in [1.29, 1.82) is 0 Å². The summed E-state index contributed by atoms with van der Waals surface area (Å²) in [5, 5.41) is 8.18. The molecule has 1 atom stereocenters. The third kappa shape index (κ3) is 1.46. The van der Waals surface area contributed by atoms with Crippen molar-refractivity contribution >= 4 is 0 Å². The van der Waals surface area contributed by atoms with Gasteiger partial charge >= 0.3 is 0 Å². The first kappa shape index (κ1) is 8.69. The molecule has 1 unspecified atom stereocenters. The van der Waals surface area contributed by atoms with Gasteiger partial charge in [0.1, 0.15) is 11.8 Å². The van der Waals surface area contributed by atoms with Crippen LogP contribution in [0.2, 0.25) is 0 Å². The molecule has 2 rings (SSSR count). The number of aryl methyl sites for hydroxylation is 1. The molecule has 0 aromatic carbocycles. The van der Waals surface area contributed by atoms with Gasteiger partial charge in [-0.15, -0.1) is 5.10 Å². The van der Waals surface area contributed by atoms with E-state index in [2.05, 4.69) is 10.3 Å². The summed E-state index contributed by atoms with van der Waals surface area (Å²) in [6, 6.07) is 0. The van der Waals surface area contributed by atoms with E-state index in [0.29, 0.717) is 0 Å². The molecule has 72 valence electrons. The van der Waals surface area contributed by atoms with Gasteiger partial charge in [-0.05, 0) is 19.3 Å². The maximum atomic E-state index is 5.40. The Kier molecular flexibility index (Phi) is 2.31. The van der Waals surface area contributed by atoms with Crippen LogP contribution in [0.25, 0.3) is 0 Å². The van der Waals surface area contributed by atoms with E-state index in [1.807, 2.05) is 11.7 Å².